The molecule has 0 spiro atoms. The van der Waals surface area contributed by atoms with Crippen LogP contribution < -0.4 is 27.8 Å². The number of fused-ring (bicyclic) bond motifs is 1. The van der Waals surface area contributed by atoms with Crippen molar-refractivity contribution in [2.75, 3.05) is 6.54 Å². The van der Waals surface area contributed by atoms with Gasteiger partial charge < -0.3 is 37.9 Å². The van der Waals surface area contributed by atoms with E-state index < -0.39 is 41.8 Å². The summed E-state index contributed by atoms with van der Waals surface area (Å²) >= 11 is 0. The van der Waals surface area contributed by atoms with Gasteiger partial charge in [-0.3, -0.25) is 14.4 Å². The fraction of sp³-hybridized carbons (Fsp3) is 0.455. The van der Waals surface area contributed by atoms with Gasteiger partial charge >= 0.3 is 5.97 Å². The Morgan fingerprint density at radius 1 is 1.00 bits per heavy atom. The van der Waals surface area contributed by atoms with Crippen LogP contribution in [0.5, 0.6) is 0 Å². The second-order valence-electron chi connectivity index (χ2n) is 7.92. The van der Waals surface area contributed by atoms with E-state index >= 15 is 0 Å². The van der Waals surface area contributed by atoms with Crippen molar-refractivity contribution in [2.24, 2.45) is 17.2 Å². The second-order valence-corrected chi connectivity index (χ2v) is 7.92. The Labute approximate surface area is 191 Å². The molecule has 0 aliphatic rings. The van der Waals surface area contributed by atoms with Gasteiger partial charge in [-0.05, 0) is 50.3 Å². The standard InChI is InChI=1S/C22H32N6O5/c23-10-4-3-7-18(22(32)33)28-21(31)17(8-9-19(25)29)27-20(30)15(24)11-13-12-26-16-6-2-1-5-14(13)16/h1-2,5-6,12,15,17-18,26H,3-4,7-11,23-24H2,(H2,25,29)(H,27,30)(H,28,31)(H,32,33). The number of hydrogen-bond acceptors (Lipinski definition) is 6. The number of H-pyrrole nitrogens is 1. The predicted molar refractivity (Wildman–Crippen MR) is 123 cm³/mol. The van der Waals surface area contributed by atoms with Gasteiger partial charge in [-0.2, -0.15) is 0 Å². The van der Waals surface area contributed by atoms with Gasteiger partial charge in [0, 0.05) is 23.5 Å². The van der Waals surface area contributed by atoms with Gasteiger partial charge in [-0.25, -0.2) is 4.79 Å². The van der Waals surface area contributed by atoms with Crippen molar-refractivity contribution in [1.82, 2.24) is 15.6 Å². The van der Waals surface area contributed by atoms with E-state index in [4.69, 9.17) is 17.2 Å². The Kier molecular flexibility index (Phi) is 9.83. The normalized spacial score (nSPS) is 13.8. The highest BCUT2D eigenvalue weighted by molar-refractivity contribution is 5.92. The average Bonchev–Trinajstić information content (AvgIpc) is 3.18. The van der Waals surface area contributed by atoms with E-state index in [-0.39, 0.29) is 25.7 Å². The fourth-order valence-corrected chi connectivity index (χ4v) is 3.49. The first-order valence-corrected chi connectivity index (χ1v) is 10.9. The minimum absolute atomic E-state index is 0.0815. The summed E-state index contributed by atoms with van der Waals surface area (Å²) in [4.78, 5) is 51.3. The van der Waals surface area contributed by atoms with Crippen molar-refractivity contribution in [3.8, 4) is 0 Å². The molecule has 1 heterocycles. The summed E-state index contributed by atoms with van der Waals surface area (Å²) in [6.45, 7) is 0.409. The van der Waals surface area contributed by atoms with Crippen molar-refractivity contribution in [3.63, 3.8) is 0 Å². The van der Waals surface area contributed by atoms with Crippen LogP contribution in [0.15, 0.2) is 30.5 Å². The Bertz CT molecular complexity index is 975. The van der Waals surface area contributed by atoms with Gasteiger partial charge in [-0.1, -0.05) is 18.2 Å². The van der Waals surface area contributed by atoms with E-state index in [9.17, 15) is 24.3 Å². The highest BCUT2D eigenvalue weighted by atomic mass is 16.4. The number of amides is 3. The lowest BCUT2D eigenvalue weighted by atomic mass is 10.0. The Morgan fingerprint density at radius 2 is 1.70 bits per heavy atom. The van der Waals surface area contributed by atoms with Crippen molar-refractivity contribution in [2.45, 2.75) is 56.7 Å². The van der Waals surface area contributed by atoms with E-state index in [0.717, 1.165) is 16.5 Å². The number of aliphatic carboxylic acids is 1. The number of aromatic nitrogens is 1. The number of aromatic amines is 1. The summed E-state index contributed by atoms with van der Waals surface area (Å²) in [6, 6.07) is 4.31. The number of nitrogens with one attached hydrogen (secondary N) is 3. The van der Waals surface area contributed by atoms with Gasteiger partial charge in [0.2, 0.25) is 17.7 Å². The zero-order valence-electron chi connectivity index (χ0n) is 18.4. The molecule has 33 heavy (non-hydrogen) atoms. The number of carbonyl (C=O) groups is 4. The van der Waals surface area contributed by atoms with E-state index in [2.05, 4.69) is 15.6 Å². The van der Waals surface area contributed by atoms with Crippen LogP contribution >= 0.6 is 0 Å². The number of carbonyl (C=O) groups excluding carboxylic acids is 3. The first-order chi connectivity index (χ1) is 15.7. The molecule has 10 N–H and O–H groups in total. The smallest absolute Gasteiger partial charge is 0.326 e. The van der Waals surface area contributed by atoms with Crippen molar-refractivity contribution in [1.29, 1.82) is 0 Å². The molecule has 2 rings (SSSR count). The van der Waals surface area contributed by atoms with Crippen molar-refractivity contribution < 1.29 is 24.3 Å². The second kappa shape index (κ2) is 12.6. The van der Waals surface area contributed by atoms with Crippen LogP contribution in [0.1, 0.15) is 37.7 Å². The molecule has 11 nitrogen and oxygen atoms in total. The summed E-state index contributed by atoms with van der Waals surface area (Å²) in [6.07, 6.45) is 3.06. The van der Waals surface area contributed by atoms with Gasteiger partial charge in [0.1, 0.15) is 12.1 Å². The van der Waals surface area contributed by atoms with Crippen molar-refractivity contribution in [3.05, 3.63) is 36.0 Å². The molecule has 180 valence electrons. The molecule has 2 aromatic rings. The molecule has 0 saturated heterocycles. The van der Waals surface area contributed by atoms with Gasteiger partial charge in [0.25, 0.3) is 0 Å². The number of para-hydroxylation sites is 1. The van der Waals surface area contributed by atoms with Gasteiger partial charge in [0.15, 0.2) is 0 Å². The van der Waals surface area contributed by atoms with Gasteiger partial charge in [0.05, 0.1) is 6.04 Å². The topological polar surface area (TPSA) is 206 Å². The van der Waals surface area contributed by atoms with Crippen LogP contribution in [0.2, 0.25) is 0 Å². The maximum atomic E-state index is 12.7. The summed E-state index contributed by atoms with van der Waals surface area (Å²) in [5.41, 5.74) is 18.5. The maximum Gasteiger partial charge on any atom is 0.326 e. The number of benzene rings is 1. The number of rotatable bonds is 14. The minimum atomic E-state index is -1.20. The van der Waals surface area contributed by atoms with Crippen molar-refractivity contribution >= 4 is 34.6 Å². The minimum Gasteiger partial charge on any atom is -0.480 e. The average molecular weight is 461 g/mol. The molecule has 3 unspecified atom stereocenters. The monoisotopic (exact) mass is 460 g/mol. The predicted octanol–water partition coefficient (Wildman–Crippen LogP) is -0.514. The summed E-state index contributed by atoms with van der Waals surface area (Å²) in [5.74, 6) is -3.16. The number of hydrogen-bond donors (Lipinski definition) is 7. The zero-order chi connectivity index (χ0) is 24.4. The zero-order valence-corrected chi connectivity index (χ0v) is 18.4. The van der Waals surface area contributed by atoms with Crippen LogP contribution in [0, 0.1) is 0 Å². The van der Waals surface area contributed by atoms with Crippen LogP contribution in [0.3, 0.4) is 0 Å². The summed E-state index contributed by atoms with van der Waals surface area (Å²) < 4.78 is 0. The third kappa shape index (κ3) is 7.88. The van der Waals surface area contributed by atoms with Crippen LogP contribution in [-0.4, -0.2) is 58.5 Å². The first kappa shape index (κ1) is 25.8. The lowest BCUT2D eigenvalue weighted by Gasteiger charge is -2.22. The van der Waals surface area contributed by atoms with Crippen LogP contribution in [0.25, 0.3) is 10.9 Å². The summed E-state index contributed by atoms with van der Waals surface area (Å²) in [5, 5.41) is 15.3. The van der Waals surface area contributed by atoms with E-state index in [1.807, 2.05) is 24.3 Å². The number of primary amides is 1. The number of nitrogens with two attached hydrogens (primary N) is 3. The molecule has 0 saturated carbocycles. The van der Waals surface area contributed by atoms with E-state index in [1.54, 1.807) is 6.20 Å². The molecule has 0 radical (unpaired) electrons. The Balaban J connectivity index is 2.05. The van der Waals surface area contributed by atoms with Crippen LogP contribution in [-0.2, 0) is 25.6 Å². The lowest BCUT2D eigenvalue weighted by molar-refractivity contribution is -0.142. The molecule has 11 heteroatoms. The third-order valence-electron chi connectivity index (χ3n) is 5.33. The molecular weight excluding hydrogens is 428 g/mol. The number of carboxylic acid groups (broad SMARTS) is 1. The van der Waals surface area contributed by atoms with Gasteiger partial charge in [-0.15, -0.1) is 0 Å². The highest BCUT2D eigenvalue weighted by Gasteiger charge is 2.28. The molecule has 0 aliphatic heterocycles. The first-order valence-electron chi connectivity index (χ1n) is 10.9. The fourth-order valence-electron chi connectivity index (χ4n) is 3.49. The molecule has 3 amide bonds. The summed E-state index contributed by atoms with van der Waals surface area (Å²) in [7, 11) is 0. The van der Waals surface area contributed by atoms with E-state index in [1.165, 1.54) is 0 Å². The SMILES string of the molecule is NCCCCC(NC(=O)C(CCC(N)=O)NC(=O)C(N)Cc1c[nH]c2ccccc12)C(=O)O. The molecular formula is C22H32N6O5. The molecule has 0 bridgehead atoms. The Morgan fingerprint density at radius 3 is 2.36 bits per heavy atom. The molecule has 0 aliphatic carbocycles. The third-order valence-corrected chi connectivity index (χ3v) is 5.33. The molecule has 1 aromatic carbocycles. The van der Waals surface area contributed by atoms with Crippen LogP contribution in [0.4, 0.5) is 0 Å². The van der Waals surface area contributed by atoms with E-state index in [0.29, 0.717) is 19.4 Å². The maximum absolute atomic E-state index is 12.7. The quantitative estimate of drug-likeness (QED) is 0.183. The number of unbranched alkanes of at least 4 members (excludes halogenated alkanes) is 1. The molecule has 0 fully saturated rings. The molecule has 1 aromatic heterocycles. The number of carboxylic acids is 1. The highest BCUT2D eigenvalue weighted by Crippen LogP contribution is 2.18. The Hall–Kier alpha value is -3.44. The lowest BCUT2D eigenvalue weighted by Crippen LogP contribution is -2.55. The molecule has 3 atom stereocenters. The largest absolute Gasteiger partial charge is 0.480 e.